The number of carbonyl (C=O) groups is 1. The number of hydrogen-bond donors (Lipinski definition) is 1. The highest BCUT2D eigenvalue weighted by Gasteiger charge is 2.16. The van der Waals surface area contributed by atoms with Gasteiger partial charge in [-0.1, -0.05) is 42.5 Å². The van der Waals surface area contributed by atoms with Gasteiger partial charge in [-0.2, -0.15) is 0 Å². The molecule has 5 aromatic rings. The second-order valence-corrected chi connectivity index (χ2v) is 8.22. The molecule has 0 saturated carbocycles. The number of thiophene rings is 1. The molecule has 0 saturated heterocycles. The first-order valence-corrected chi connectivity index (χ1v) is 11.0. The lowest BCUT2D eigenvalue weighted by atomic mass is 10.1. The van der Waals surface area contributed by atoms with Crippen LogP contribution in [0.25, 0.3) is 21.3 Å². The van der Waals surface area contributed by atoms with Crippen molar-refractivity contribution in [1.29, 1.82) is 0 Å². The number of hydrogen-bond acceptors (Lipinski definition) is 3. The van der Waals surface area contributed by atoms with E-state index < -0.39 is 0 Å². The van der Waals surface area contributed by atoms with E-state index in [9.17, 15) is 4.79 Å². The summed E-state index contributed by atoms with van der Waals surface area (Å²) in [6.07, 6.45) is 2.72. The first-order valence-electron chi connectivity index (χ1n) is 10.1. The summed E-state index contributed by atoms with van der Waals surface area (Å²) in [6.45, 7) is 2.02. The summed E-state index contributed by atoms with van der Waals surface area (Å²) in [5.74, 6) is -0.0316. The van der Waals surface area contributed by atoms with Crippen molar-refractivity contribution in [2.24, 2.45) is 0 Å². The quantitative estimate of drug-likeness (QED) is 0.419. The largest absolute Gasteiger partial charge is 0.349 e. The van der Waals surface area contributed by atoms with Crippen LogP contribution in [0.3, 0.4) is 0 Å². The van der Waals surface area contributed by atoms with E-state index in [1.807, 2.05) is 42.7 Å². The van der Waals surface area contributed by atoms with E-state index >= 15 is 0 Å². The van der Waals surface area contributed by atoms with E-state index in [2.05, 4.69) is 55.1 Å². The lowest BCUT2D eigenvalue weighted by molar-refractivity contribution is 0.0943. The molecule has 6 heteroatoms. The Bertz CT molecular complexity index is 1300. The van der Waals surface area contributed by atoms with Crippen molar-refractivity contribution in [1.82, 2.24) is 19.4 Å². The molecule has 3 aromatic heterocycles. The molecule has 0 bridgehead atoms. The van der Waals surface area contributed by atoms with E-state index in [0.29, 0.717) is 13.1 Å². The van der Waals surface area contributed by atoms with Crippen molar-refractivity contribution >= 4 is 38.5 Å². The van der Waals surface area contributed by atoms with Crippen molar-refractivity contribution < 1.29 is 4.79 Å². The molecular formula is C24H22N4OS. The van der Waals surface area contributed by atoms with Crippen molar-refractivity contribution in [3.8, 4) is 0 Å². The Morgan fingerprint density at radius 3 is 2.70 bits per heavy atom. The molecule has 2 aromatic carbocycles. The van der Waals surface area contributed by atoms with Gasteiger partial charge in [0.15, 0.2) is 0 Å². The van der Waals surface area contributed by atoms with Crippen LogP contribution >= 0.6 is 11.3 Å². The summed E-state index contributed by atoms with van der Waals surface area (Å²) in [4.78, 5) is 17.4. The minimum atomic E-state index is -0.0316. The van der Waals surface area contributed by atoms with Crippen LogP contribution in [-0.2, 0) is 19.5 Å². The van der Waals surface area contributed by atoms with Gasteiger partial charge >= 0.3 is 0 Å². The van der Waals surface area contributed by atoms with Gasteiger partial charge in [-0.3, -0.25) is 4.79 Å². The zero-order chi connectivity index (χ0) is 20.3. The summed E-state index contributed by atoms with van der Waals surface area (Å²) in [6, 6.07) is 22.5. The summed E-state index contributed by atoms with van der Waals surface area (Å²) in [5, 5.41) is 5.17. The molecule has 0 fully saturated rings. The molecule has 5 nitrogen and oxygen atoms in total. The van der Waals surface area contributed by atoms with Crippen LogP contribution in [0.4, 0.5) is 0 Å². The highest BCUT2D eigenvalue weighted by molar-refractivity contribution is 7.17. The molecule has 0 atom stereocenters. The number of amides is 1. The number of fused-ring (bicyclic) bond motifs is 2. The van der Waals surface area contributed by atoms with Crippen LogP contribution < -0.4 is 5.32 Å². The van der Waals surface area contributed by atoms with Gasteiger partial charge in [-0.15, -0.1) is 11.3 Å². The number of rotatable bonds is 7. The predicted octanol–water partition coefficient (Wildman–Crippen LogP) is 4.73. The van der Waals surface area contributed by atoms with Crippen molar-refractivity contribution in [3.63, 3.8) is 0 Å². The van der Waals surface area contributed by atoms with E-state index in [4.69, 9.17) is 0 Å². The minimum Gasteiger partial charge on any atom is -0.349 e. The molecule has 150 valence electrons. The van der Waals surface area contributed by atoms with Crippen LogP contribution in [0.5, 0.6) is 0 Å². The number of nitrogens with zero attached hydrogens (tertiary/aromatic N) is 3. The van der Waals surface area contributed by atoms with E-state index in [1.165, 1.54) is 5.56 Å². The summed E-state index contributed by atoms with van der Waals surface area (Å²) in [5.41, 5.74) is 5.18. The smallest absolute Gasteiger partial charge is 0.268 e. The average Bonchev–Trinajstić information content (AvgIpc) is 3.48. The second kappa shape index (κ2) is 8.16. The standard InChI is InChI=1S/C24H22N4OS/c29-24(25-12-14-27-17-26-19-8-4-5-9-20(19)27)22-16-23-21(11-15-30-23)28(22)13-10-18-6-2-1-3-7-18/h1-9,11,15-17H,10,12-14H2,(H,25,29). The predicted molar refractivity (Wildman–Crippen MR) is 122 cm³/mol. The van der Waals surface area contributed by atoms with Crippen LogP contribution in [0.2, 0.25) is 0 Å². The van der Waals surface area contributed by atoms with Gasteiger partial charge < -0.3 is 14.5 Å². The Morgan fingerprint density at radius 1 is 0.967 bits per heavy atom. The molecule has 0 aliphatic carbocycles. The highest BCUT2D eigenvalue weighted by Crippen LogP contribution is 2.26. The number of imidazole rings is 1. The molecule has 0 aliphatic rings. The molecule has 1 amide bonds. The fourth-order valence-corrected chi connectivity index (χ4v) is 4.68. The van der Waals surface area contributed by atoms with Gasteiger partial charge in [-0.05, 0) is 41.6 Å². The Kier molecular flexibility index (Phi) is 5.07. The third-order valence-electron chi connectivity index (χ3n) is 5.39. The maximum atomic E-state index is 13.0. The van der Waals surface area contributed by atoms with Crippen LogP contribution in [0, 0.1) is 0 Å². The molecule has 1 N–H and O–H groups in total. The van der Waals surface area contributed by atoms with Gasteiger partial charge in [0.1, 0.15) is 5.69 Å². The minimum absolute atomic E-state index is 0.0316. The molecule has 3 heterocycles. The van der Waals surface area contributed by atoms with Gasteiger partial charge in [0.05, 0.1) is 27.6 Å². The number of benzene rings is 2. The Balaban J connectivity index is 1.30. The summed E-state index contributed by atoms with van der Waals surface area (Å²) < 4.78 is 5.36. The van der Waals surface area contributed by atoms with E-state index in [-0.39, 0.29) is 5.91 Å². The summed E-state index contributed by atoms with van der Waals surface area (Å²) in [7, 11) is 0. The zero-order valence-corrected chi connectivity index (χ0v) is 17.3. The fourth-order valence-electron chi connectivity index (χ4n) is 3.86. The van der Waals surface area contributed by atoms with Gasteiger partial charge in [0.25, 0.3) is 5.91 Å². The Labute approximate surface area is 178 Å². The number of para-hydroxylation sites is 2. The number of aromatic nitrogens is 3. The maximum Gasteiger partial charge on any atom is 0.268 e. The van der Waals surface area contributed by atoms with Crippen LogP contribution in [-0.4, -0.2) is 26.6 Å². The molecule has 30 heavy (non-hydrogen) atoms. The second-order valence-electron chi connectivity index (χ2n) is 7.27. The van der Waals surface area contributed by atoms with E-state index in [0.717, 1.165) is 39.9 Å². The first-order chi connectivity index (χ1) is 14.8. The lowest BCUT2D eigenvalue weighted by Gasteiger charge is -2.11. The average molecular weight is 415 g/mol. The van der Waals surface area contributed by atoms with Crippen LogP contribution in [0.15, 0.2) is 78.4 Å². The zero-order valence-electron chi connectivity index (χ0n) is 16.5. The van der Waals surface area contributed by atoms with Gasteiger partial charge in [0, 0.05) is 19.6 Å². The van der Waals surface area contributed by atoms with E-state index in [1.54, 1.807) is 11.3 Å². The monoisotopic (exact) mass is 414 g/mol. The molecule has 5 rings (SSSR count). The SMILES string of the molecule is O=C(NCCn1cnc2ccccc21)c1cc2sccc2n1CCc1ccccc1. The lowest BCUT2D eigenvalue weighted by Crippen LogP contribution is -2.29. The van der Waals surface area contributed by atoms with Gasteiger partial charge in [0.2, 0.25) is 0 Å². The van der Waals surface area contributed by atoms with Crippen molar-refractivity contribution in [2.45, 2.75) is 19.5 Å². The van der Waals surface area contributed by atoms with Crippen molar-refractivity contribution in [3.05, 3.63) is 89.7 Å². The molecular weight excluding hydrogens is 392 g/mol. The Morgan fingerprint density at radius 2 is 1.80 bits per heavy atom. The Hall–Kier alpha value is -3.38. The maximum absolute atomic E-state index is 13.0. The van der Waals surface area contributed by atoms with Crippen LogP contribution in [0.1, 0.15) is 16.1 Å². The normalized spacial score (nSPS) is 11.3. The third kappa shape index (κ3) is 3.62. The number of aryl methyl sites for hydroxylation is 2. The number of carbonyl (C=O) groups excluding carboxylic acids is 1. The van der Waals surface area contributed by atoms with Gasteiger partial charge in [-0.25, -0.2) is 4.98 Å². The molecule has 0 spiro atoms. The fraction of sp³-hybridized carbons (Fsp3) is 0.167. The van der Waals surface area contributed by atoms with Crippen molar-refractivity contribution in [2.75, 3.05) is 6.54 Å². The summed E-state index contributed by atoms with van der Waals surface area (Å²) >= 11 is 1.67. The third-order valence-corrected chi connectivity index (χ3v) is 6.24. The molecule has 0 radical (unpaired) electrons. The number of nitrogens with one attached hydrogen (secondary N) is 1. The molecule has 0 unspecified atom stereocenters. The topological polar surface area (TPSA) is 51.9 Å². The highest BCUT2D eigenvalue weighted by atomic mass is 32.1. The molecule has 0 aliphatic heterocycles. The first kappa shape index (κ1) is 18.6.